The molecule has 0 spiro atoms. The standard InChI is InChI=1S/C15H25N5/c1-13(2)14(9-16)15-10-18-12-20(15)7-4-3-6-19-8-5-17-11-19/h5,8,10-14H,3-4,6-7,9,16H2,1-2H3. The van der Waals surface area contributed by atoms with E-state index in [4.69, 9.17) is 5.73 Å². The fourth-order valence-electron chi connectivity index (χ4n) is 2.56. The highest BCUT2D eigenvalue weighted by atomic mass is 15.1. The molecule has 2 N–H and O–H groups in total. The largest absolute Gasteiger partial charge is 0.337 e. The van der Waals surface area contributed by atoms with Crippen LogP contribution in [-0.4, -0.2) is 25.6 Å². The summed E-state index contributed by atoms with van der Waals surface area (Å²) in [4.78, 5) is 8.35. The van der Waals surface area contributed by atoms with Gasteiger partial charge in [-0.1, -0.05) is 13.8 Å². The Morgan fingerprint density at radius 1 is 1.15 bits per heavy atom. The van der Waals surface area contributed by atoms with E-state index < -0.39 is 0 Å². The van der Waals surface area contributed by atoms with Crippen molar-refractivity contribution in [2.75, 3.05) is 6.54 Å². The average molecular weight is 275 g/mol. The highest BCUT2D eigenvalue weighted by Gasteiger charge is 2.17. The van der Waals surface area contributed by atoms with Crippen molar-refractivity contribution in [3.8, 4) is 0 Å². The first-order valence-corrected chi connectivity index (χ1v) is 7.38. The van der Waals surface area contributed by atoms with E-state index >= 15 is 0 Å². The molecule has 5 heteroatoms. The molecule has 2 heterocycles. The molecule has 0 fully saturated rings. The van der Waals surface area contributed by atoms with Gasteiger partial charge < -0.3 is 14.9 Å². The lowest BCUT2D eigenvalue weighted by Crippen LogP contribution is -2.21. The van der Waals surface area contributed by atoms with E-state index in [0.29, 0.717) is 18.4 Å². The molecular weight excluding hydrogens is 250 g/mol. The van der Waals surface area contributed by atoms with E-state index in [1.807, 2.05) is 31.2 Å². The molecule has 0 saturated carbocycles. The minimum Gasteiger partial charge on any atom is -0.337 e. The monoisotopic (exact) mass is 275 g/mol. The number of hydrogen-bond donors (Lipinski definition) is 1. The molecular formula is C15H25N5. The summed E-state index contributed by atoms with van der Waals surface area (Å²) < 4.78 is 4.37. The Bertz CT molecular complexity index is 486. The van der Waals surface area contributed by atoms with Crippen LogP contribution in [0.2, 0.25) is 0 Å². The Kier molecular flexibility index (Phi) is 5.35. The van der Waals surface area contributed by atoms with Crippen molar-refractivity contribution in [3.05, 3.63) is 36.9 Å². The summed E-state index contributed by atoms with van der Waals surface area (Å²) in [5, 5.41) is 0. The molecule has 110 valence electrons. The number of rotatable bonds is 8. The zero-order valence-corrected chi connectivity index (χ0v) is 12.4. The number of nitrogens with zero attached hydrogens (tertiary/aromatic N) is 4. The van der Waals surface area contributed by atoms with Gasteiger partial charge in [-0.05, 0) is 18.8 Å². The van der Waals surface area contributed by atoms with Gasteiger partial charge in [0.1, 0.15) is 0 Å². The first-order valence-electron chi connectivity index (χ1n) is 7.38. The van der Waals surface area contributed by atoms with E-state index in [9.17, 15) is 0 Å². The Labute approximate surface area is 120 Å². The molecule has 5 nitrogen and oxygen atoms in total. The van der Waals surface area contributed by atoms with E-state index in [0.717, 1.165) is 25.9 Å². The number of hydrogen-bond acceptors (Lipinski definition) is 3. The topological polar surface area (TPSA) is 61.7 Å². The van der Waals surface area contributed by atoms with E-state index in [-0.39, 0.29) is 0 Å². The molecule has 2 rings (SSSR count). The molecule has 20 heavy (non-hydrogen) atoms. The fourth-order valence-corrected chi connectivity index (χ4v) is 2.56. The molecule has 2 aromatic rings. The predicted octanol–water partition coefficient (Wildman–Crippen LogP) is 2.26. The quantitative estimate of drug-likeness (QED) is 0.752. The van der Waals surface area contributed by atoms with Crippen molar-refractivity contribution in [1.82, 2.24) is 19.1 Å². The van der Waals surface area contributed by atoms with Crippen molar-refractivity contribution < 1.29 is 0 Å². The molecule has 0 saturated heterocycles. The minimum atomic E-state index is 0.395. The van der Waals surface area contributed by atoms with Gasteiger partial charge in [-0.15, -0.1) is 0 Å². The SMILES string of the molecule is CC(C)C(CN)c1cncn1CCCCn1ccnc1. The third-order valence-corrected chi connectivity index (χ3v) is 3.81. The average Bonchev–Trinajstić information content (AvgIpc) is 3.07. The smallest absolute Gasteiger partial charge is 0.0948 e. The van der Waals surface area contributed by atoms with Crippen molar-refractivity contribution >= 4 is 0 Å². The van der Waals surface area contributed by atoms with Crippen LogP contribution < -0.4 is 5.73 Å². The van der Waals surface area contributed by atoms with Gasteiger partial charge in [0.25, 0.3) is 0 Å². The lowest BCUT2D eigenvalue weighted by Gasteiger charge is -2.20. The van der Waals surface area contributed by atoms with Crippen LogP contribution in [0.5, 0.6) is 0 Å². The second-order valence-electron chi connectivity index (χ2n) is 5.61. The fraction of sp³-hybridized carbons (Fsp3) is 0.600. The molecule has 1 atom stereocenters. The molecule has 2 aromatic heterocycles. The maximum atomic E-state index is 5.90. The van der Waals surface area contributed by atoms with Gasteiger partial charge in [0.2, 0.25) is 0 Å². The van der Waals surface area contributed by atoms with Crippen LogP contribution in [0, 0.1) is 5.92 Å². The Balaban J connectivity index is 1.85. The maximum absolute atomic E-state index is 5.90. The van der Waals surface area contributed by atoms with Crippen molar-refractivity contribution in [3.63, 3.8) is 0 Å². The number of nitrogens with two attached hydrogens (primary N) is 1. The maximum Gasteiger partial charge on any atom is 0.0948 e. The molecule has 0 aliphatic rings. The number of unbranched alkanes of at least 4 members (excludes halogenated alkanes) is 1. The Hall–Kier alpha value is -1.62. The van der Waals surface area contributed by atoms with Gasteiger partial charge in [-0.2, -0.15) is 0 Å². The number of imidazole rings is 2. The van der Waals surface area contributed by atoms with Crippen LogP contribution in [0.1, 0.15) is 38.3 Å². The summed E-state index contributed by atoms with van der Waals surface area (Å²) in [7, 11) is 0. The zero-order valence-electron chi connectivity index (χ0n) is 12.4. The first-order chi connectivity index (χ1) is 9.72. The molecule has 0 radical (unpaired) electrons. The van der Waals surface area contributed by atoms with E-state index in [1.165, 1.54) is 5.69 Å². The number of aromatic nitrogens is 4. The third kappa shape index (κ3) is 3.70. The second-order valence-corrected chi connectivity index (χ2v) is 5.61. The van der Waals surface area contributed by atoms with Crippen LogP contribution >= 0.6 is 0 Å². The molecule has 0 aliphatic heterocycles. The van der Waals surface area contributed by atoms with Gasteiger partial charge in [0, 0.05) is 49.8 Å². The Morgan fingerprint density at radius 3 is 2.60 bits per heavy atom. The van der Waals surface area contributed by atoms with Crippen LogP contribution in [0.25, 0.3) is 0 Å². The molecule has 0 bridgehead atoms. The second kappa shape index (κ2) is 7.24. The van der Waals surface area contributed by atoms with Crippen LogP contribution in [0.3, 0.4) is 0 Å². The summed E-state index contributed by atoms with van der Waals surface area (Å²) in [6, 6.07) is 0. The van der Waals surface area contributed by atoms with E-state index in [2.05, 4.69) is 32.9 Å². The predicted molar refractivity (Wildman–Crippen MR) is 80.3 cm³/mol. The lowest BCUT2D eigenvalue weighted by atomic mass is 9.93. The summed E-state index contributed by atoms with van der Waals surface area (Å²) in [6.07, 6.45) is 11.9. The van der Waals surface area contributed by atoms with Gasteiger partial charge in [-0.3, -0.25) is 0 Å². The van der Waals surface area contributed by atoms with Gasteiger partial charge in [0.05, 0.1) is 12.7 Å². The third-order valence-electron chi connectivity index (χ3n) is 3.81. The molecule has 0 aliphatic carbocycles. The lowest BCUT2D eigenvalue weighted by molar-refractivity contribution is 0.461. The van der Waals surface area contributed by atoms with Gasteiger partial charge >= 0.3 is 0 Å². The zero-order chi connectivity index (χ0) is 14.4. The summed E-state index contributed by atoms with van der Waals surface area (Å²) in [6.45, 7) is 7.14. The van der Waals surface area contributed by atoms with Crippen LogP contribution in [0.4, 0.5) is 0 Å². The summed E-state index contributed by atoms with van der Waals surface area (Å²) >= 11 is 0. The van der Waals surface area contributed by atoms with Crippen molar-refractivity contribution in [2.45, 2.75) is 45.7 Å². The van der Waals surface area contributed by atoms with Crippen LogP contribution in [-0.2, 0) is 13.1 Å². The van der Waals surface area contributed by atoms with Crippen LogP contribution in [0.15, 0.2) is 31.2 Å². The van der Waals surface area contributed by atoms with Gasteiger partial charge in [-0.25, -0.2) is 9.97 Å². The molecule has 0 aromatic carbocycles. The minimum absolute atomic E-state index is 0.395. The normalized spacial score (nSPS) is 13.0. The summed E-state index contributed by atoms with van der Waals surface area (Å²) in [5.41, 5.74) is 7.17. The number of aryl methyl sites for hydroxylation is 2. The van der Waals surface area contributed by atoms with Gasteiger partial charge in [0.15, 0.2) is 0 Å². The van der Waals surface area contributed by atoms with Crippen molar-refractivity contribution in [2.24, 2.45) is 11.7 Å². The first kappa shape index (κ1) is 14.8. The van der Waals surface area contributed by atoms with E-state index in [1.54, 1.807) is 0 Å². The van der Waals surface area contributed by atoms with Crippen molar-refractivity contribution in [1.29, 1.82) is 0 Å². The molecule has 1 unspecified atom stereocenters. The Morgan fingerprint density at radius 2 is 1.95 bits per heavy atom. The summed E-state index contributed by atoms with van der Waals surface area (Å²) in [5.74, 6) is 0.938. The highest BCUT2D eigenvalue weighted by Crippen LogP contribution is 2.23. The molecule has 0 amide bonds. The highest BCUT2D eigenvalue weighted by molar-refractivity contribution is 5.08.